The molecule has 0 spiro atoms. The number of hydrogen-bond donors (Lipinski definition) is 2. The second-order valence-electron chi connectivity index (χ2n) is 8.05. The lowest BCUT2D eigenvalue weighted by Gasteiger charge is -2.21. The van der Waals surface area contributed by atoms with Crippen LogP contribution in [0.2, 0.25) is 0 Å². The van der Waals surface area contributed by atoms with Gasteiger partial charge in [-0.15, -0.1) is 0 Å². The second-order valence-corrected chi connectivity index (χ2v) is 9.70. The van der Waals surface area contributed by atoms with E-state index in [4.69, 9.17) is 4.74 Å². The molecule has 0 unspecified atom stereocenters. The van der Waals surface area contributed by atoms with Crippen LogP contribution in [0.15, 0.2) is 71.6 Å². The minimum Gasteiger partial charge on any atom is -0.491 e. The van der Waals surface area contributed by atoms with Crippen molar-refractivity contribution in [1.29, 1.82) is 0 Å². The Labute approximate surface area is 198 Å². The number of nitrogens with zero attached hydrogens (tertiary/aromatic N) is 1. The van der Waals surface area contributed by atoms with Crippen molar-refractivity contribution in [3.8, 4) is 5.75 Å². The van der Waals surface area contributed by atoms with Gasteiger partial charge in [-0.3, -0.25) is 19.2 Å². The van der Waals surface area contributed by atoms with E-state index in [1.54, 1.807) is 61.5 Å². The SMILES string of the molecule is Cc1cccc(NS(=O)(=O)c2cc(NC(=O)CN3C(=O)CCOc4ccccc43)ccc2C)c1. The van der Waals surface area contributed by atoms with Crippen molar-refractivity contribution in [2.75, 3.05) is 28.1 Å². The van der Waals surface area contributed by atoms with Gasteiger partial charge in [-0.2, -0.15) is 0 Å². The smallest absolute Gasteiger partial charge is 0.262 e. The number of hydrogen-bond acceptors (Lipinski definition) is 5. The first-order valence-corrected chi connectivity index (χ1v) is 12.2. The first kappa shape index (κ1) is 23.3. The predicted octanol–water partition coefficient (Wildman–Crippen LogP) is 3.86. The van der Waals surface area contributed by atoms with E-state index in [1.807, 2.05) is 13.0 Å². The molecule has 0 saturated heterocycles. The van der Waals surface area contributed by atoms with Gasteiger partial charge in [-0.05, 0) is 61.4 Å². The van der Waals surface area contributed by atoms with Crippen molar-refractivity contribution in [3.05, 3.63) is 77.9 Å². The van der Waals surface area contributed by atoms with Crippen LogP contribution in [0.1, 0.15) is 17.5 Å². The van der Waals surface area contributed by atoms with E-state index in [-0.39, 0.29) is 30.4 Å². The van der Waals surface area contributed by atoms with E-state index in [9.17, 15) is 18.0 Å². The average Bonchev–Trinajstić information content (AvgIpc) is 2.93. The topological polar surface area (TPSA) is 105 Å². The summed E-state index contributed by atoms with van der Waals surface area (Å²) < 4.78 is 34.2. The minimum atomic E-state index is -3.88. The number of benzene rings is 3. The Bertz CT molecular complexity index is 1350. The zero-order valence-corrected chi connectivity index (χ0v) is 19.7. The third-order valence-electron chi connectivity index (χ3n) is 5.36. The van der Waals surface area contributed by atoms with Crippen molar-refractivity contribution in [2.24, 2.45) is 0 Å². The van der Waals surface area contributed by atoms with E-state index >= 15 is 0 Å². The van der Waals surface area contributed by atoms with Crippen molar-refractivity contribution in [2.45, 2.75) is 25.2 Å². The highest BCUT2D eigenvalue weighted by Gasteiger charge is 2.25. The molecule has 2 N–H and O–H groups in total. The standard InChI is InChI=1S/C25H25N3O5S/c1-17-6-5-7-20(14-17)27-34(31,32)23-15-19(11-10-18(23)2)26-24(29)16-28-21-8-3-4-9-22(21)33-13-12-25(28)30/h3-11,14-15,27H,12-13,16H2,1-2H3,(H,26,29). The number of nitrogens with one attached hydrogen (secondary N) is 2. The molecule has 0 saturated carbocycles. The summed E-state index contributed by atoms with van der Waals surface area (Å²) in [5.74, 6) is -0.148. The molecule has 2 amide bonds. The minimum absolute atomic E-state index is 0.0522. The Hall–Kier alpha value is -3.85. The number of sulfonamides is 1. The van der Waals surface area contributed by atoms with Gasteiger partial charge in [-0.1, -0.05) is 30.3 Å². The van der Waals surface area contributed by atoms with Crippen LogP contribution in [0.5, 0.6) is 5.75 Å². The van der Waals surface area contributed by atoms with Gasteiger partial charge in [0.2, 0.25) is 11.8 Å². The normalized spacial score (nSPS) is 13.5. The molecule has 0 radical (unpaired) electrons. The summed E-state index contributed by atoms with van der Waals surface area (Å²) in [7, 11) is -3.88. The Morgan fingerprint density at radius 3 is 2.59 bits per heavy atom. The summed E-state index contributed by atoms with van der Waals surface area (Å²) >= 11 is 0. The predicted molar refractivity (Wildman–Crippen MR) is 131 cm³/mol. The Balaban J connectivity index is 1.53. The Morgan fingerprint density at radius 2 is 1.79 bits per heavy atom. The van der Waals surface area contributed by atoms with E-state index < -0.39 is 15.9 Å². The maximum absolute atomic E-state index is 13.0. The zero-order valence-electron chi connectivity index (χ0n) is 18.9. The molecule has 0 fully saturated rings. The molecule has 9 heteroatoms. The molecule has 1 aliphatic heterocycles. The number of anilines is 3. The van der Waals surface area contributed by atoms with Crippen LogP contribution in [0.25, 0.3) is 0 Å². The van der Waals surface area contributed by atoms with Crippen molar-refractivity contribution >= 4 is 38.9 Å². The lowest BCUT2D eigenvalue weighted by molar-refractivity contribution is -0.121. The van der Waals surface area contributed by atoms with Crippen LogP contribution in [0, 0.1) is 13.8 Å². The highest BCUT2D eigenvalue weighted by atomic mass is 32.2. The Kier molecular flexibility index (Phi) is 6.56. The molecular weight excluding hydrogens is 454 g/mol. The summed E-state index contributed by atoms with van der Waals surface area (Å²) in [5, 5.41) is 2.71. The van der Waals surface area contributed by atoms with E-state index in [0.717, 1.165) is 5.56 Å². The molecule has 0 bridgehead atoms. The lowest BCUT2D eigenvalue weighted by atomic mass is 10.2. The van der Waals surface area contributed by atoms with Gasteiger partial charge in [0.15, 0.2) is 0 Å². The molecule has 4 rings (SSSR count). The largest absolute Gasteiger partial charge is 0.491 e. The summed E-state index contributed by atoms with van der Waals surface area (Å²) in [6.07, 6.45) is 0.152. The number of carbonyl (C=O) groups excluding carboxylic acids is 2. The van der Waals surface area contributed by atoms with Gasteiger partial charge < -0.3 is 10.1 Å². The lowest BCUT2D eigenvalue weighted by Crippen LogP contribution is -2.37. The molecule has 3 aromatic rings. The average molecular weight is 480 g/mol. The van der Waals surface area contributed by atoms with Gasteiger partial charge in [0.1, 0.15) is 12.3 Å². The van der Waals surface area contributed by atoms with Crippen LogP contribution in [0.4, 0.5) is 17.1 Å². The summed E-state index contributed by atoms with van der Waals surface area (Å²) in [5.41, 5.74) is 2.75. The zero-order chi connectivity index (χ0) is 24.3. The number of fused-ring (bicyclic) bond motifs is 1. The van der Waals surface area contributed by atoms with E-state index in [0.29, 0.717) is 28.4 Å². The third kappa shape index (κ3) is 5.20. The van der Waals surface area contributed by atoms with Crippen LogP contribution in [-0.4, -0.2) is 33.4 Å². The molecule has 0 atom stereocenters. The summed E-state index contributed by atoms with van der Waals surface area (Å²) in [6, 6.07) is 18.7. The van der Waals surface area contributed by atoms with Gasteiger partial charge in [0.25, 0.3) is 10.0 Å². The maximum Gasteiger partial charge on any atom is 0.262 e. The van der Waals surface area contributed by atoms with Gasteiger partial charge in [0.05, 0.1) is 23.6 Å². The first-order valence-electron chi connectivity index (χ1n) is 10.7. The first-order chi connectivity index (χ1) is 16.2. The molecular formula is C25H25N3O5S. The number of para-hydroxylation sites is 2. The van der Waals surface area contributed by atoms with Crippen molar-refractivity contribution in [3.63, 3.8) is 0 Å². The molecule has 3 aromatic carbocycles. The monoisotopic (exact) mass is 479 g/mol. The summed E-state index contributed by atoms with van der Waals surface area (Å²) in [6.45, 7) is 3.57. The van der Waals surface area contributed by atoms with E-state index in [2.05, 4.69) is 10.0 Å². The number of carbonyl (C=O) groups is 2. The fraction of sp³-hybridized carbons (Fsp3) is 0.200. The highest BCUT2D eigenvalue weighted by Crippen LogP contribution is 2.31. The third-order valence-corrected chi connectivity index (χ3v) is 6.89. The molecule has 34 heavy (non-hydrogen) atoms. The summed E-state index contributed by atoms with van der Waals surface area (Å²) in [4.78, 5) is 26.8. The quantitative estimate of drug-likeness (QED) is 0.559. The fourth-order valence-electron chi connectivity index (χ4n) is 3.72. The molecule has 176 valence electrons. The van der Waals surface area contributed by atoms with Gasteiger partial charge >= 0.3 is 0 Å². The number of amides is 2. The molecule has 1 heterocycles. The molecule has 0 aromatic heterocycles. The number of aryl methyl sites for hydroxylation is 2. The number of rotatable bonds is 6. The van der Waals surface area contributed by atoms with Gasteiger partial charge in [0, 0.05) is 11.4 Å². The maximum atomic E-state index is 13.0. The molecule has 8 nitrogen and oxygen atoms in total. The van der Waals surface area contributed by atoms with Crippen LogP contribution >= 0.6 is 0 Å². The Morgan fingerprint density at radius 1 is 1.00 bits per heavy atom. The number of ether oxygens (including phenoxy) is 1. The van der Waals surface area contributed by atoms with Crippen LogP contribution in [-0.2, 0) is 19.6 Å². The van der Waals surface area contributed by atoms with Crippen LogP contribution in [0.3, 0.4) is 0 Å². The van der Waals surface area contributed by atoms with Crippen molar-refractivity contribution in [1.82, 2.24) is 0 Å². The molecule has 1 aliphatic rings. The fourth-order valence-corrected chi connectivity index (χ4v) is 5.04. The second kappa shape index (κ2) is 9.56. The van der Waals surface area contributed by atoms with Gasteiger partial charge in [-0.25, -0.2) is 8.42 Å². The highest BCUT2D eigenvalue weighted by molar-refractivity contribution is 7.92. The van der Waals surface area contributed by atoms with Crippen LogP contribution < -0.4 is 19.7 Å². The van der Waals surface area contributed by atoms with E-state index in [1.165, 1.54) is 11.0 Å². The van der Waals surface area contributed by atoms with Crippen molar-refractivity contribution < 1.29 is 22.7 Å². The molecule has 0 aliphatic carbocycles.